The lowest BCUT2D eigenvalue weighted by molar-refractivity contribution is 0.136. The van der Waals surface area contributed by atoms with Crippen LogP contribution in [0.2, 0.25) is 0 Å². The standard InChI is InChI=1S/C17H29N3OS/c1-3-18-17(20-12-15-22-2)19-11-7-13-21-14-10-16-8-5-4-6-9-16/h4-6,8-9H,3,7,10-15H2,1-2H3,(H2,18,19,20). The van der Waals surface area contributed by atoms with Gasteiger partial charge in [-0.05, 0) is 31.6 Å². The van der Waals surface area contributed by atoms with E-state index in [0.29, 0.717) is 0 Å². The van der Waals surface area contributed by atoms with E-state index in [-0.39, 0.29) is 0 Å². The van der Waals surface area contributed by atoms with Crippen molar-refractivity contribution in [1.82, 2.24) is 10.6 Å². The van der Waals surface area contributed by atoms with Crippen molar-refractivity contribution in [2.24, 2.45) is 4.99 Å². The van der Waals surface area contributed by atoms with Crippen LogP contribution in [-0.2, 0) is 11.2 Å². The fourth-order valence-electron chi connectivity index (χ4n) is 1.91. The summed E-state index contributed by atoms with van der Waals surface area (Å²) in [6, 6.07) is 10.4. The largest absolute Gasteiger partial charge is 0.381 e. The van der Waals surface area contributed by atoms with Crippen LogP contribution >= 0.6 is 11.8 Å². The second-order valence-corrected chi connectivity index (χ2v) is 5.87. The number of hydrogen-bond donors (Lipinski definition) is 2. The Balaban J connectivity index is 2.07. The maximum absolute atomic E-state index is 5.66. The summed E-state index contributed by atoms with van der Waals surface area (Å²) in [5.41, 5.74) is 1.33. The number of ether oxygens (including phenoxy) is 1. The average Bonchev–Trinajstić information content (AvgIpc) is 2.55. The monoisotopic (exact) mass is 323 g/mol. The van der Waals surface area contributed by atoms with Crippen molar-refractivity contribution in [3.63, 3.8) is 0 Å². The van der Waals surface area contributed by atoms with E-state index >= 15 is 0 Å². The molecular formula is C17H29N3OS. The van der Waals surface area contributed by atoms with E-state index in [1.807, 2.05) is 17.8 Å². The third-order valence-electron chi connectivity index (χ3n) is 3.04. The summed E-state index contributed by atoms with van der Waals surface area (Å²) in [6.45, 7) is 6.25. The van der Waals surface area contributed by atoms with Crippen molar-refractivity contribution >= 4 is 17.7 Å². The minimum Gasteiger partial charge on any atom is -0.381 e. The van der Waals surface area contributed by atoms with Gasteiger partial charge in [-0.3, -0.25) is 4.99 Å². The van der Waals surface area contributed by atoms with Gasteiger partial charge in [-0.25, -0.2) is 0 Å². The Kier molecular flexibility index (Phi) is 11.5. The van der Waals surface area contributed by atoms with Gasteiger partial charge in [0.1, 0.15) is 0 Å². The number of benzene rings is 1. The van der Waals surface area contributed by atoms with Gasteiger partial charge in [0.2, 0.25) is 0 Å². The number of hydrogen-bond acceptors (Lipinski definition) is 3. The number of aliphatic imine (C=N–C) groups is 1. The minimum absolute atomic E-state index is 0.764. The Bertz CT molecular complexity index is 398. The van der Waals surface area contributed by atoms with Crippen molar-refractivity contribution in [1.29, 1.82) is 0 Å². The van der Waals surface area contributed by atoms with Crippen LogP contribution in [-0.4, -0.2) is 50.8 Å². The summed E-state index contributed by atoms with van der Waals surface area (Å²) >= 11 is 1.83. The van der Waals surface area contributed by atoms with Crippen LogP contribution < -0.4 is 10.6 Å². The molecule has 1 aromatic carbocycles. The molecule has 0 aliphatic carbocycles. The Morgan fingerprint density at radius 3 is 2.73 bits per heavy atom. The molecule has 0 amide bonds. The zero-order valence-corrected chi connectivity index (χ0v) is 14.6. The fraction of sp³-hybridized carbons (Fsp3) is 0.588. The minimum atomic E-state index is 0.764. The molecule has 1 rings (SSSR count). The topological polar surface area (TPSA) is 45.7 Å². The van der Waals surface area contributed by atoms with Gasteiger partial charge in [0.15, 0.2) is 5.96 Å². The number of nitrogens with zero attached hydrogens (tertiary/aromatic N) is 1. The molecule has 0 spiro atoms. The van der Waals surface area contributed by atoms with Gasteiger partial charge in [0.05, 0.1) is 6.61 Å². The van der Waals surface area contributed by atoms with Gasteiger partial charge in [-0.15, -0.1) is 0 Å². The molecule has 0 bridgehead atoms. The van der Waals surface area contributed by atoms with E-state index in [2.05, 4.69) is 53.1 Å². The van der Waals surface area contributed by atoms with Gasteiger partial charge in [0, 0.05) is 32.0 Å². The van der Waals surface area contributed by atoms with Crippen LogP contribution in [0, 0.1) is 0 Å². The molecule has 0 saturated heterocycles. The van der Waals surface area contributed by atoms with Crippen LogP contribution in [0.3, 0.4) is 0 Å². The molecule has 4 nitrogen and oxygen atoms in total. The molecule has 0 unspecified atom stereocenters. The zero-order chi connectivity index (χ0) is 15.9. The summed E-state index contributed by atoms with van der Waals surface area (Å²) in [7, 11) is 0. The lowest BCUT2D eigenvalue weighted by Gasteiger charge is -2.10. The first-order valence-corrected chi connectivity index (χ1v) is 9.39. The number of thioether (sulfide) groups is 1. The van der Waals surface area contributed by atoms with Crippen molar-refractivity contribution in [3.8, 4) is 0 Å². The maximum Gasteiger partial charge on any atom is 0.191 e. The molecule has 22 heavy (non-hydrogen) atoms. The van der Waals surface area contributed by atoms with Crippen LogP contribution in [0.4, 0.5) is 0 Å². The zero-order valence-electron chi connectivity index (χ0n) is 13.8. The molecule has 0 aliphatic rings. The molecule has 0 heterocycles. The highest BCUT2D eigenvalue weighted by Crippen LogP contribution is 1.99. The maximum atomic E-state index is 5.66. The summed E-state index contributed by atoms with van der Waals surface area (Å²) in [5.74, 6) is 1.99. The second kappa shape index (κ2) is 13.5. The molecule has 0 aromatic heterocycles. The molecule has 0 aliphatic heterocycles. The summed E-state index contributed by atoms with van der Waals surface area (Å²) in [4.78, 5) is 4.55. The van der Waals surface area contributed by atoms with Gasteiger partial charge in [-0.1, -0.05) is 30.3 Å². The first-order valence-electron chi connectivity index (χ1n) is 7.99. The summed E-state index contributed by atoms with van der Waals surface area (Å²) in [6.07, 6.45) is 4.04. The van der Waals surface area contributed by atoms with Gasteiger partial charge in [-0.2, -0.15) is 11.8 Å². The molecule has 5 heteroatoms. The van der Waals surface area contributed by atoms with Crippen LogP contribution in [0.15, 0.2) is 35.3 Å². The van der Waals surface area contributed by atoms with Crippen LogP contribution in [0.25, 0.3) is 0 Å². The number of rotatable bonds is 11. The lowest BCUT2D eigenvalue weighted by atomic mass is 10.2. The molecule has 0 atom stereocenters. The van der Waals surface area contributed by atoms with Crippen LogP contribution in [0.5, 0.6) is 0 Å². The van der Waals surface area contributed by atoms with Crippen molar-refractivity contribution < 1.29 is 4.74 Å². The highest BCUT2D eigenvalue weighted by atomic mass is 32.2. The molecule has 1 aromatic rings. The first-order chi connectivity index (χ1) is 10.9. The van der Waals surface area contributed by atoms with E-state index in [4.69, 9.17) is 4.74 Å². The third-order valence-corrected chi connectivity index (χ3v) is 3.65. The second-order valence-electron chi connectivity index (χ2n) is 4.88. The van der Waals surface area contributed by atoms with Crippen molar-refractivity contribution in [2.45, 2.75) is 19.8 Å². The molecule has 0 saturated carbocycles. The van der Waals surface area contributed by atoms with E-state index in [1.165, 1.54) is 5.56 Å². The van der Waals surface area contributed by atoms with Crippen molar-refractivity contribution in [2.75, 3.05) is 44.9 Å². The summed E-state index contributed by atoms with van der Waals surface area (Å²) in [5, 5.41) is 6.58. The van der Waals surface area contributed by atoms with E-state index in [9.17, 15) is 0 Å². The highest BCUT2D eigenvalue weighted by Gasteiger charge is 1.96. The Morgan fingerprint density at radius 1 is 1.18 bits per heavy atom. The van der Waals surface area contributed by atoms with Gasteiger partial charge >= 0.3 is 0 Å². The Hall–Kier alpha value is -1.20. The average molecular weight is 324 g/mol. The molecule has 2 N–H and O–H groups in total. The SMILES string of the molecule is CCNC(=NCCCOCCc1ccccc1)NCCSC. The fourth-order valence-corrected chi connectivity index (χ4v) is 2.21. The first kappa shape index (κ1) is 18.8. The van der Waals surface area contributed by atoms with E-state index < -0.39 is 0 Å². The Labute approximate surface area is 139 Å². The molecular weight excluding hydrogens is 294 g/mol. The lowest BCUT2D eigenvalue weighted by Crippen LogP contribution is -2.38. The number of nitrogens with one attached hydrogen (secondary N) is 2. The third kappa shape index (κ3) is 9.68. The van der Waals surface area contributed by atoms with Crippen LogP contribution in [0.1, 0.15) is 18.9 Å². The van der Waals surface area contributed by atoms with Gasteiger partial charge in [0.25, 0.3) is 0 Å². The Morgan fingerprint density at radius 2 is 2.00 bits per heavy atom. The molecule has 124 valence electrons. The number of guanidine groups is 1. The predicted molar refractivity (Wildman–Crippen MR) is 97.9 cm³/mol. The van der Waals surface area contributed by atoms with E-state index in [1.54, 1.807) is 0 Å². The van der Waals surface area contributed by atoms with Gasteiger partial charge < -0.3 is 15.4 Å². The smallest absolute Gasteiger partial charge is 0.191 e. The molecule has 0 radical (unpaired) electrons. The predicted octanol–water partition coefficient (Wildman–Crippen LogP) is 2.55. The quantitative estimate of drug-likeness (QED) is 0.373. The highest BCUT2D eigenvalue weighted by molar-refractivity contribution is 7.98. The van der Waals surface area contributed by atoms with Crippen molar-refractivity contribution in [3.05, 3.63) is 35.9 Å². The van der Waals surface area contributed by atoms with E-state index in [0.717, 1.165) is 57.4 Å². The summed E-state index contributed by atoms with van der Waals surface area (Å²) < 4.78 is 5.66. The molecule has 0 fully saturated rings. The normalized spacial score (nSPS) is 11.5.